The summed E-state index contributed by atoms with van der Waals surface area (Å²) in [5, 5.41) is 15.4. The van der Waals surface area contributed by atoms with Gasteiger partial charge in [-0.15, -0.1) is 0 Å². The smallest absolute Gasteiger partial charge is 0.391 e. The molecule has 0 bridgehead atoms. The number of aromatic nitrogens is 2. The Morgan fingerprint density at radius 2 is 1.64 bits per heavy atom. The molecule has 3 aliphatic rings. The van der Waals surface area contributed by atoms with Gasteiger partial charge in [-0.1, -0.05) is 97.3 Å². The third kappa shape index (κ3) is 15.5. The summed E-state index contributed by atoms with van der Waals surface area (Å²) in [6.07, 6.45) is 8.26. The molecule has 16 nitrogen and oxygen atoms in total. The summed E-state index contributed by atoms with van der Waals surface area (Å²) in [5.74, 6) is -2.66. The number of likely N-dealkylation sites (N-methyl/N-ethyl adjacent to an activating group) is 2. The number of nitrogens with zero attached hydrogens (tertiary/aromatic N) is 4. The second-order valence-electron chi connectivity index (χ2n) is 20.1. The summed E-state index contributed by atoms with van der Waals surface area (Å²) in [4.78, 5) is 93.5. The average Bonchev–Trinajstić information content (AvgIpc) is 4.09. The van der Waals surface area contributed by atoms with Crippen LogP contribution >= 0.6 is 11.3 Å². The van der Waals surface area contributed by atoms with Crippen molar-refractivity contribution >= 4 is 63.0 Å². The first-order valence-corrected chi connectivity index (χ1v) is 27.2. The van der Waals surface area contributed by atoms with Crippen molar-refractivity contribution in [2.75, 3.05) is 44.9 Å². The molecular weight excluding hydrogens is 1000 g/mol. The zero-order valence-corrected chi connectivity index (χ0v) is 44.5. The standard InChI is InChI=1S/C56H70F3N9O7S/c1-35(60-2)50(71)64-49(40-18-9-6-10-19-40)54(74)68-29-12-20-44(68)52(73)66-53-48(39-16-7-5-8-17-39)65-55(76-53)63-46(69)21-13-28-67(3)47(70)31-37-14-11-15-38(30-37)33-62-51(72)43-32-41(45(75-4)34-61-43)25-22-36-23-26-42(27-24-36)56(57,58)59/h5,7-8,11,14-17,22,25,30,32,34-36,40,42,44,49,60H,6,9-10,12-13,18-21,23-24,26-29,31,33H2,1-4H3,(H,62,72)(H,64,71)(H,66,73)(H,63,65,69)/b25-22+. The number of benzene rings is 2. The van der Waals surface area contributed by atoms with Crippen LogP contribution < -0.4 is 31.3 Å². The van der Waals surface area contributed by atoms with E-state index in [0.717, 1.165) is 60.1 Å². The number of hydrogen-bond donors (Lipinski definition) is 5. The highest BCUT2D eigenvalue weighted by molar-refractivity contribution is 7.20. The number of ether oxygens (including phenoxy) is 1. The average molecular weight is 1070 g/mol. The zero-order valence-electron chi connectivity index (χ0n) is 43.7. The summed E-state index contributed by atoms with van der Waals surface area (Å²) >= 11 is 1.12. The number of allylic oxidation sites excluding steroid dienone is 1. The van der Waals surface area contributed by atoms with Crippen molar-refractivity contribution in [3.05, 3.63) is 95.3 Å². The number of halogens is 3. The molecule has 4 aromatic rings. The Morgan fingerprint density at radius 3 is 2.36 bits per heavy atom. The number of pyridine rings is 1. The monoisotopic (exact) mass is 1070 g/mol. The maximum absolute atomic E-state index is 14.3. The Bertz CT molecular complexity index is 2690. The van der Waals surface area contributed by atoms with Crippen LogP contribution in [0.2, 0.25) is 0 Å². The van der Waals surface area contributed by atoms with Crippen molar-refractivity contribution in [3.8, 4) is 17.0 Å². The van der Waals surface area contributed by atoms with Crippen LogP contribution in [0.15, 0.2) is 72.9 Å². The predicted octanol–water partition coefficient (Wildman–Crippen LogP) is 8.55. The molecule has 2 saturated carbocycles. The summed E-state index contributed by atoms with van der Waals surface area (Å²) in [7, 11) is 4.84. The van der Waals surface area contributed by atoms with Gasteiger partial charge in [-0.05, 0) is 101 Å². The highest BCUT2D eigenvalue weighted by Gasteiger charge is 2.42. The topological polar surface area (TPSA) is 204 Å². The highest BCUT2D eigenvalue weighted by Crippen LogP contribution is 2.41. The van der Waals surface area contributed by atoms with Crippen LogP contribution in [0.1, 0.15) is 118 Å². The van der Waals surface area contributed by atoms with Gasteiger partial charge >= 0.3 is 6.18 Å². The van der Waals surface area contributed by atoms with Crippen molar-refractivity contribution in [2.24, 2.45) is 17.8 Å². The van der Waals surface area contributed by atoms with Gasteiger partial charge < -0.3 is 41.1 Å². The summed E-state index contributed by atoms with van der Waals surface area (Å²) in [6, 6.07) is 16.2. The fourth-order valence-corrected chi connectivity index (χ4v) is 11.1. The second-order valence-corrected chi connectivity index (χ2v) is 21.1. The Kier molecular flexibility index (Phi) is 20.2. The molecule has 5 N–H and O–H groups in total. The third-order valence-corrected chi connectivity index (χ3v) is 15.6. The molecular formula is C56H70F3N9O7S. The van der Waals surface area contributed by atoms with Gasteiger partial charge in [0.25, 0.3) is 5.91 Å². The number of nitrogens with one attached hydrogen (secondary N) is 5. The van der Waals surface area contributed by atoms with E-state index in [1.54, 1.807) is 49.0 Å². The molecule has 2 aliphatic carbocycles. The highest BCUT2D eigenvalue weighted by atomic mass is 32.1. The van der Waals surface area contributed by atoms with Crippen LogP contribution in [0.5, 0.6) is 5.75 Å². The molecule has 2 aromatic heterocycles. The first-order chi connectivity index (χ1) is 36.5. The van der Waals surface area contributed by atoms with Crippen LogP contribution in [-0.4, -0.2) is 114 Å². The molecule has 1 saturated heterocycles. The van der Waals surface area contributed by atoms with Crippen LogP contribution in [0.25, 0.3) is 17.3 Å². The summed E-state index contributed by atoms with van der Waals surface area (Å²) in [5.41, 5.74) is 3.42. The number of amides is 6. The van der Waals surface area contributed by atoms with Crippen molar-refractivity contribution in [1.82, 2.24) is 35.7 Å². The van der Waals surface area contributed by atoms with Crippen LogP contribution in [0.3, 0.4) is 0 Å². The van der Waals surface area contributed by atoms with Crippen molar-refractivity contribution < 1.29 is 46.7 Å². The molecule has 7 rings (SSSR count). The largest absolute Gasteiger partial charge is 0.495 e. The lowest BCUT2D eigenvalue weighted by Crippen LogP contribution is -2.57. The number of methoxy groups -OCH3 is 1. The van der Waals surface area contributed by atoms with E-state index in [2.05, 4.69) is 31.6 Å². The zero-order chi connectivity index (χ0) is 54.4. The van der Waals surface area contributed by atoms with E-state index >= 15 is 0 Å². The molecule has 3 fully saturated rings. The van der Waals surface area contributed by atoms with Gasteiger partial charge in [-0.2, -0.15) is 13.2 Å². The van der Waals surface area contributed by atoms with Gasteiger partial charge in [0.15, 0.2) is 5.13 Å². The number of alkyl halides is 3. The van der Waals surface area contributed by atoms with E-state index < -0.39 is 36.1 Å². The minimum Gasteiger partial charge on any atom is -0.495 e. The van der Waals surface area contributed by atoms with E-state index in [1.165, 1.54) is 13.3 Å². The molecule has 76 heavy (non-hydrogen) atoms. The number of carbonyl (C=O) groups excluding carboxylic acids is 6. The van der Waals surface area contributed by atoms with Gasteiger partial charge in [0.1, 0.15) is 34.2 Å². The fraction of sp³-hybridized carbons (Fsp3) is 0.500. The molecule has 408 valence electrons. The first-order valence-electron chi connectivity index (χ1n) is 26.3. The van der Waals surface area contributed by atoms with E-state index in [9.17, 15) is 41.9 Å². The van der Waals surface area contributed by atoms with E-state index in [0.29, 0.717) is 67.2 Å². The first kappa shape index (κ1) is 57.0. The number of carbonyl (C=O) groups is 6. The minimum absolute atomic E-state index is 0.0125. The normalized spacial score (nSPS) is 18.9. The van der Waals surface area contributed by atoms with Gasteiger partial charge in [0, 0.05) is 44.2 Å². The second kappa shape index (κ2) is 26.9. The molecule has 6 amide bonds. The lowest BCUT2D eigenvalue weighted by Gasteiger charge is -2.35. The summed E-state index contributed by atoms with van der Waals surface area (Å²) in [6.45, 7) is 2.60. The fourth-order valence-electron chi connectivity index (χ4n) is 10.2. The quantitative estimate of drug-likeness (QED) is 0.0538. The van der Waals surface area contributed by atoms with Crippen LogP contribution in [-0.2, 0) is 36.9 Å². The Hall–Kier alpha value is -6.67. The molecule has 20 heteroatoms. The number of likely N-dealkylation sites (tertiary alicyclic amines) is 1. The third-order valence-electron chi connectivity index (χ3n) is 14.8. The number of hydrogen-bond acceptors (Lipinski definition) is 11. The van der Waals surface area contributed by atoms with Gasteiger partial charge in [0.05, 0.1) is 31.7 Å². The van der Waals surface area contributed by atoms with Crippen LogP contribution in [0.4, 0.5) is 23.3 Å². The molecule has 0 spiro atoms. The summed E-state index contributed by atoms with van der Waals surface area (Å²) < 4.78 is 44.9. The Labute approximate surface area is 446 Å². The number of anilines is 2. The van der Waals surface area contributed by atoms with E-state index in [4.69, 9.17) is 9.72 Å². The van der Waals surface area contributed by atoms with Crippen molar-refractivity contribution in [2.45, 2.75) is 128 Å². The number of thiazole rings is 1. The molecule has 3 unspecified atom stereocenters. The lowest BCUT2D eigenvalue weighted by atomic mass is 9.81. The molecule has 3 heterocycles. The molecule has 1 aliphatic heterocycles. The minimum atomic E-state index is -4.18. The molecule has 3 atom stereocenters. The molecule has 0 radical (unpaired) electrons. The van der Waals surface area contributed by atoms with E-state index in [-0.39, 0.29) is 84.4 Å². The maximum Gasteiger partial charge on any atom is 0.391 e. The van der Waals surface area contributed by atoms with Gasteiger partial charge in [0.2, 0.25) is 29.5 Å². The Balaban J connectivity index is 0.893. The predicted molar refractivity (Wildman–Crippen MR) is 286 cm³/mol. The van der Waals surface area contributed by atoms with Crippen molar-refractivity contribution in [3.63, 3.8) is 0 Å². The molecule has 2 aromatic carbocycles. The maximum atomic E-state index is 14.3. The SMILES string of the molecule is CNC(C)C(=O)NC(C(=O)N1CCCC1C(=O)Nc1sc(NC(=O)CCCN(C)C(=O)Cc2cccc(CNC(=O)c3cc(/C=C/C4CCC(C(F)(F)F)CC4)c(OC)cn3)c2)nc1-c1ccccc1)C1CCCCC1. The van der Waals surface area contributed by atoms with Gasteiger partial charge in [-0.3, -0.25) is 28.8 Å². The van der Waals surface area contributed by atoms with Gasteiger partial charge in [-0.25, -0.2) is 9.97 Å². The van der Waals surface area contributed by atoms with Crippen molar-refractivity contribution in [1.29, 1.82) is 0 Å². The number of rotatable bonds is 21. The lowest BCUT2D eigenvalue weighted by molar-refractivity contribution is -0.183. The van der Waals surface area contributed by atoms with E-state index in [1.807, 2.05) is 54.6 Å². The van der Waals surface area contributed by atoms with Crippen LogP contribution in [0, 0.1) is 17.8 Å². The Morgan fingerprint density at radius 1 is 0.908 bits per heavy atom.